The van der Waals surface area contributed by atoms with Gasteiger partial charge in [0.25, 0.3) is 0 Å². The fraction of sp³-hybridized carbons (Fsp3) is 0.500. The number of nitrogens with zero attached hydrogens (tertiary/aromatic N) is 1. The second-order valence-electron chi connectivity index (χ2n) is 4.01. The molecule has 1 aliphatic heterocycles. The van der Waals surface area contributed by atoms with Crippen LogP contribution < -0.4 is 4.90 Å². The summed E-state index contributed by atoms with van der Waals surface area (Å²) in [6, 6.07) is 8.12. The zero-order valence-corrected chi connectivity index (χ0v) is 9.45. The highest BCUT2D eigenvalue weighted by Crippen LogP contribution is 2.26. The Morgan fingerprint density at radius 3 is 3.00 bits per heavy atom. The third-order valence-electron chi connectivity index (χ3n) is 2.98. The predicted octanol–water partition coefficient (Wildman–Crippen LogP) is 2.69. The van der Waals surface area contributed by atoms with Crippen LogP contribution in [0.25, 0.3) is 0 Å². The maximum Gasteiger partial charge on any atom is 0.0635 e. The highest BCUT2D eigenvalue weighted by Gasteiger charge is 2.21. The van der Waals surface area contributed by atoms with Gasteiger partial charge in [0.1, 0.15) is 0 Å². The van der Waals surface area contributed by atoms with E-state index in [2.05, 4.69) is 11.0 Å². The minimum Gasteiger partial charge on any atom is -0.394 e. The molecule has 2 rings (SSSR count). The summed E-state index contributed by atoms with van der Waals surface area (Å²) in [5, 5.41) is 10.1. The molecule has 0 spiro atoms. The van der Waals surface area contributed by atoms with Gasteiger partial charge in [0.15, 0.2) is 0 Å². The summed E-state index contributed by atoms with van der Waals surface area (Å²) < 4.78 is 0. The Kier molecular flexibility index (Phi) is 3.49. The van der Waals surface area contributed by atoms with Crippen molar-refractivity contribution in [1.29, 1.82) is 0 Å². The molecule has 1 N–H and O–H groups in total. The van der Waals surface area contributed by atoms with E-state index in [1.807, 2.05) is 18.2 Å². The summed E-state index contributed by atoms with van der Waals surface area (Å²) in [6.45, 7) is 1.25. The third-order valence-corrected chi connectivity index (χ3v) is 3.21. The molecule has 0 saturated carbocycles. The first kappa shape index (κ1) is 10.8. The van der Waals surface area contributed by atoms with Crippen molar-refractivity contribution in [1.82, 2.24) is 0 Å². The van der Waals surface area contributed by atoms with Crippen LogP contribution in [0.3, 0.4) is 0 Å². The summed E-state index contributed by atoms with van der Waals surface area (Å²) in [4.78, 5) is 2.26. The highest BCUT2D eigenvalue weighted by atomic mass is 35.5. The average Bonchev–Trinajstić information content (AvgIpc) is 2.29. The maximum atomic E-state index is 9.32. The van der Waals surface area contributed by atoms with Gasteiger partial charge in [-0.05, 0) is 37.5 Å². The van der Waals surface area contributed by atoms with Crippen LogP contribution in [-0.2, 0) is 0 Å². The molecule has 1 aromatic carbocycles. The first-order valence-corrected chi connectivity index (χ1v) is 5.82. The van der Waals surface area contributed by atoms with Crippen molar-refractivity contribution in [3.05, 3.63) is 29.3 Å². The largest absolute Gasteiger partial charge is 0.394 e. The molecule has 0 bridgehead atoms. The monoisotopic (exact) mass is 225 g/mol. The van der Waals surface area contributed by atoms with E-state index in [4.69, 9.17) is 11.6 Å². The fourth-order valence-corrected chi connectivity index (χ4v) is 2.37. The molecule has 1 saturated heterocycles. The molecule has 1 unspecified atom stereocenters. The van der Waals surface area contributed by atoms with E-state index in [-0.39, 0.29) is 12.6 Å². The van der Waals surface area contributed by atoms with E-state index >= 15 is 0 Å². The molecule has 0 aromatic heterocycles. The Bertz CT molecular complexity index is 329. The van der Waals surface area contributed by atoms with Crippen LogP contribution in [0, 0.1) is 0 Å². The summed E-state index contributed by atoms with van der Waals surface area (Å²) in [7, 11) is 0. The molecule has 0 radical (unpaired) electrons. The fourth-order valence-electron chi connectivity index (χ4n) is 2.19. The molecule has 1 fully saturated rings. The van der Waals surface area contributed by atoms with Crippen LogP contribution in [0.15, 0.2) is 24.3 Å². The molecule has 0 amide bonds. The number of aliphatic hydroxyl groups is 1. The molecule has 0 aliphatic carbocycles. The number of piperidine rings is 1. The van der Waals surface area contributed by atoms with Crippen LogP contribution in [0.5, 0.6) is 0 Å². The van der Waals surface area contributed by atoms with Crippen molar-refractivity contribution in [2.45, 2.75) is 25.3 Å². The van der Waals surface area contributed by atoms with Crippen molar-refractivity contribution < 1.29 is 5.11 Å². The smallest absolute Gasteiger partial charge is 0.0635 e. The van der Waals surface area contributed by atoms with Crippen LogP contribution in [0.2, 0.25) is 5.02 Å². The number of hydrogen-bond donors (Lipinski definition) is 1. The number of halogens is 1. The third kappa shape index (κ3) is 2.44. The normalized spacial score (nSPS) is 21.7. The first-order valence-electron chi connectivity index (χ1n) is 5.44. The molecule has 1 aliphatic rings. The number of anilines is 1. The van der Waals surface area contributed by atoms with Gasteiger partial charge in [-0.15, -0.1) is 0 Å². The van der Waals surface area contributed by atoms with Crippen molar-refractivity contribution >= 4 is 17.3 Å². The quantitative estimate of drug-likeness (QED) is 0.837. The van der Waals surface area contributed by atoms with Crippen LogP contribution in [0.4, 0.5) is 5.69 Å². The number of benzene rings is 1. The molecule has 1 heterocycles. The van der Waals surface area contributed by atoms with Crippen molar-refractivity contribution in [2.75, 3.05) is 18.1 Å². The van der Waals surface area contributed by atoms with E-state index < -0.39 is 0 Å². The SMILES string of the molecule is OCC1CCCCN1c1cccc(Cl)c1. The Labute approximate surface area is 95.5 Å². The van der Waals surface area contributed by atoms with E-state index in [0.717, 1.165) is 23.7 Å². The lowest BCUT2D eigenvalue weighted by Crippen LogP contribution is -2.41. The standard InChI is InChI=1S/C12H16ClNO/c13-10-4-3-6-11(8-10)14-7-2-1-5-12(14)9-15/h3-4,6,8,12,15H,1-2,5,7,9H2. The summed E-state index contributed by atoms with van der Waals surface area (Å²) in [5.74, 6) is 0. The van der Waals surface area contributed by atoms with Gasteiger partial charge in [-0.3, -0.25) is 0 Å². The van der Waals surface area contributed by atoms with Gasteiger partial charge in [-0.25, -0.2) is 0 Å². The summed E-state index contributed by atoms with van der Waals surface area (Å²) in [6.07, 6.45) is 3.48. The molecule has 82 valence electrons. The van der Waals surface area contributed by atoms with Crippen molar-refractivity contribution in [3.8, 4) is 0 Å². The second kappa shape index (κ2) is 4.86. The van der Waals surface area contributed by atoms with E-state index in [0.29, 0.717) is 0 Å². The van der Waals surface area contributed by atoms with Crippen LogP contribution in [0.1, 0.15) is 19.3 Å². The lowest BCUT2D eigenvalue weighted by Gasteiger charge is -2.36. The Balaban J connectivity index is 2.20. The van der Waals surface area contributed by atoms with Crippen molar-refractivity contribution in [3.63, 3.8) is 0 Å². The summed E-state index contributed by atoms with van der Waals surface area (Å²) in [5.41, 5.74) is 1.13. The molecule has 1 atom stereocenters. The van der Waals surface area contributed by atoms with Gasteiger partial charge in [0, 0.05) is 17.3 Å². The van der Waals surface area contributed by atoms with Gasteiger partial charge < -0.3 is 10.0 Å². The van der Waals surface area contributed by atoms with E-state index in [1.165, 1.54) is 12.8 Å². The number of rotatable bonds is 2. The maximum absolute atomic E-state index is 9.32. The Hall–Kier alpha value is -0.730. The lowest BCUT2D eigenvalue weighted by molar-refractivity contribution is 0.240. The van der Waals surface area contributed by atoms with Crippen LogP contribution >= 0.6 is 11.6 Å². The second-order valence-corrected chi connectivity index (χ2v) is 4.44. The van der Waals surface area contributed by atoms with Gasteiger partial charge in [0.2, 0.25) is 0 Å². The van der Waals surface area contributed by atoms with E-state index in [1.54, 1.807) is 0 Å². The zero-order chi connectivity index (χ0) is 10.7. The molecule has 15 heavy (non-hydrogen) atoms. The first-order chi connectivity index (χ1) is 7.31. The minimum atomic E-state index is 0.229. The summed E-state index contributed by atoms with van der Waals surface area (Å²) >= 11 is 5.97. The minimum absolute atomic E-state index is 0.229. The molecular weight excluding hydrogens is 210 g/mol. The lowest BCUT2D eigenvalue weighted by atomic mass is 10.0. The van der Waals surface area contributed by atoms with Crippen molar-refractivity contribution in [2.24, 2.45) is 0 Å². The Morgan fingerprint density at radius 1 is 1.40 bits per heavy atom. The number of hydrogen-bond acceptors (Lipinski definition) is 2. The molecule has 3 heteroatoms. The number of aliphatic hydroxyl groups excluding tert-OH is 1. The Morgan fingerprint density at radius 2 is 2.27 bits per heavy atom. The van der Waals surface area contributed by atoms with Crippen LogP contribution in [-0.4, -0.2) is 24.3 Å². The molecular formula is C12H16ClNO. The van der Waals surface area contributed by atoms with E-state index in [9.17, 15) is 5.11 Å². The van der Waals surface area contributed by atoms with Gasteiger partial charge in [0.05, 0.1) is 12.6 Å². The predicted molar refractivity (Wildman–Crippen MR) is 63.5 cm³/mol. The highest BCUT2D eigenvalue weighted by molar-refractivity contribution is 6.30. The van der Waals surface area contributed by atoms with Gasteiger partial charge >= 0.3 is 0 Å². The zero-order valence-electron chi connectivity index (χ0n) is 8.69. The average molecular weight is 226 g/mol. The molecule has 2 nitrogen and oxygen atoms in total. The van der Waals surface area contributed by atoms with Gasteiger partial charge in [-0.1, -0.05) is 17.7 Å². The topological polar surface area (TPSA) is 23.5 Å². The van der Waals surface area contributed by atoms with Gasteiger partial charge in [-0.2, -0.15) is 0 Å². The molecule has 1 aromatic rings.